The van der Waals surface area contributed by atoms with Crippen LogP contribution in [0.25, 0.3) is 0 Å². The number of Topliss-reactive ketones (excluding diaryl/α,β-unsaturated/α-hetero) is 1. The monoisotopic (exact) mass is 454 g/mol. The van der Waals surface area contributed by atoms with Crippen molar-refractivity contribution in [2.24, 2.45) is 0 Å². The number of esters is 1. The van der Waals surface area contributed by atoms with E-state index in [2.05, 4.69) is 0 Å². The fraction of sp³-hybridized carbons (Fsp3) is 0.320. The first-order chi connectivity index (χ1) is 15.7. The normalized spacial score (nSPS) is 11.8. The van der Waals surface area contributed by atoms with Crippen LogP contribution in [0.2, 0.25) is 0 Å². The number of ether oxygens (including phenoxy) is 1. The molecule has 1 aromatic carbocycles. The first-order valence-electron chi connectivity index (χ1n) is 10.6. The molecule has 8 heteroatoms. The number of amides is 1. The molecule has 0 fully saturated rings. The fourth-order valence-corrected chi connectivity index (χ4v) is 4.08. The van der Waals surface area contributed by atoms with Crippen LogP contribution in [-0.4, -0.2) is 40.3 Å². The van der Waals surface area contributed by atoms with Crippen LogP contribution in [0.15, 0.2) is 47.1 Å². The number of aromatic nitrogens is 1. The lowest BCUT2D eigenvalue weighted by atomic mass is 9.99. The number of ketones is 1. The van der Waals surface area contributed by atoms with Crippen LogP contribution in [0.3, 0.4) is 0 Å². The molecule has 0 N–H and O–H groups in total. The van der Waals surface area contributed by atoms with E-state index in [0.717, 1.165) is 0 Å². The molecule has 0 aliphatic carbocycles. The van der Waals surface area contributed by atoms with Crippen LogP contribution in [-0.2, 0) is 17.8 Å². The Labute approximate surface area is 191 Å². The Kier molecular flexibility index (Phi) is 7.16. The second-order valence-electron chi connectivity index (χ2n) is 7.75. The minimum Gasteiger partial charge on any atom is -0.464 e. The third kappa shape index (κ3) is 4.60. The molecule has 2 aromatic heterocycles. The predicted octanol–water partition coefficient (Wildman–Crippen LogP) is 4.56. The van der Waals surface area contributed by atoms with E-state index in [9.17, 15) is 18.8 Å². The van der Waals surface area contributed by atoms with Crippen LogP contribution in [0.4, 0.5) is 4.39 Å². The van der Waals surface area contributed by atoms with E-state index in [1.807, 2.05) is 6.92 Å². The second-order valence-corrected chi connectivity index (χ2v) is 7.75. The zero-order valence-corrected chi connectivity index (χ0v) is 19.3. The van der Waals surface area contributed by atoms with E-state index in [-0.39, 0.29) is 18.1 Å². The molecule has 0 spiro atoms. The van der Waals surface area contributed by atoms with Gasteiger partial charge >= 0.3 is 5.97 Å². The summed E-state index contributed by atoms with van der Waals surface area (Å²) in [5, 5.41) is 0. The molecule has 1 atom stereocenters. The molecular formula is C25H27FN2O5. The molecule has 0 saturated carbocycles. The van der Waals surface area contributed by atoms with Gasteiger partial charge in [-0.15, -0.1) is 0 Å². The number of benzene rings is 1. The molecule has 33 heavy (non-hydrogen) atoms. The van der Waals surface area contributed by atoms with E-state index in [1.54, 1.807) is 43.5 Å². The van der Waals surface area contributed by atoms with Crippen LogP contribution >= 0.6 is 0 Å². The van der Waals surface area contributed by atoms with Gasteiger partial charge in [0.05, 0.1) is 19.4 Å². The lowest BCUT2D eigenvalue weighted by Gasteiger charge is -2.28. The molecule has 7 nitrogen and oxygen atoms in total. The minimum atomic E-state index is -0.886. The van der Waals surface area contributed by atoms with Crippen molar-refractivity contribution in [3.05, 3.63) is 82.3 Å². The summed E-state index contributed by atoms with van der Waals surface area (Å²) >= 11 is 0. The van der Waals surface area contributed by atoms with Crippen molar-refractivity contribution < 1.29 is 27.9 Å². The maximum absolute atomic E-state index is 13.7. The first kappa shape index (κ1) is 24.0. The fourth-order valence-electron chi connectivity index (χ4n) is 4.08. The van der Waals surface area contributed by atoms with Crippen LogP contribution < -0.4 is 0 Å². The summed E-state index contributed by atoms with van der Waals surface area (Å²) in [6.07, 6.45) is 1.38. The molecule has 174 valence electrons. The highest BCUT2D eigenvalue weighted by molar-refractivity contribution is 6.07. The number of hydrogen-bond acceptors (Lipinski definition) is 5. The number of carbonyl (C=O) groups excluding carboxylic acids is 3. The Bertz CT molecular complexity index is 1160. The molecule has 3 rings (SSSR count). The minimum absolute atomic E-state index is 0.0726. The molecule has 1 amide bonds. The average molecular weight is 454 g/mol. The summed E-state index contributed by atoms with van der Waals surface area (Å²) in [5.41, 5.74) is 2.48. The van der Waals surface area contributed by atoms with Gasteiger partial charge < -0.3 is 18.6 Å². The Morgan fingerprint density at radius 1 is 1.15 bits per heavy atom. The highest BCUT2D eigenvalue weighted by Gasteiger charge is 2.34. The van der Waals surface area contributed by atoms with Gasteiger partial charge in [-0.05, 0) is 63.1 Å². The second kappa shape index (κ2) is 9.85. The van der Waals surface area contributed by atoms with Crippen LogP contribution in [0, 0.1) is 19.7 Å². The van der Waals surface area contributed by atoms with Gasteiger partial charge in [0.15, 0.2) is 11.5 Å². The number of hydrogen-bond donors (Lipinski definition) is 0. The lowest BCUT2D eigenvalue weighted by molar-refractivity contribution is 0.0582. The Balaban J connectivity index is 2.04. The largest absolute Gasteiger partial charge is 0.464 e. The van der Waals surface area contributed by atoms with Crippen molar-refractivity contribution in [1.29, 1.82) is 0 Å². The van der Waals surface area contributed by atoms with Crippen LogP contribution in [0.5, 0.6) is 0 Å². The first-order valence-corrected chi connectivity index (χ1v) is 10.6. The third-order valence-corrected chi connectivity index (χ3v) is 5.81. The molecule has 0 saturated heterocycles. The number of furan rings is 1. The standard InChI is InChI=1S/C25H27FN2O5/c1-6-27-16(3)21(15(2)22(27)25(31)32-5)23(29)17(4)28(24(30)20-8-7-13-33-20)14-18-9-11-19(26)12-10-18/h7-13,17H,6,14H2,1-5H3/t17-/m0/s1. The van der Waals surface area contributed by atoms with E-state index in [1.165, 1.54) is 36.5 Å². The molecule has 2 heterocycles. The molecule has 0 aliphatic rings. The van der Waals surface area contributed by atoms with Gasteiger partial charge in [0.2, 0.25) is 0 Å². The summed E-state index contributed by atoms with van der Waals surface area (Å²) in [6, 6.07) is 7.96. The highest BCUT2D eigenvalue weighted by atomic mass is 19.1. The maximum Gasteiger partial charge on any atom is 0.354 e. The zero-order chi connectivity index (χ0) is 24.3. The molecule has 0 radical (unpaired) electrons. The van der Waals surface area contributed by atoms with E-state index >= 15 is 0 Å². The maximum atomic E-state index is 13.7. The van der Waals surface area contributed by atoms with Gasteiger partial charge in [0.25, 0.3) is 5.91 Å². The number of halogens is 1. The molecular weight excluding hydrogens is 427 g/mol. The summed E-state index contributed by atoms with van der Waals surface area (Å²) in [7, 11) is 1.29. The lowest BCUT2D eigenvalue weighted by Crippen LogP contribution is -2.43. The van der Waals surface area contributed by atoms with E-state index in [0.29, 0.717) is 34.6 Å². The van der Waals surface area contributed by atoms with Crippen molar-refractivity contribution in [2.75, 3.05) is 7.11 Å². The molecule has 0 bridgehead atoms. The summed E-state index contributed by atoms with van der Waals surface area (Å²) < 4.78 is 25.3. The van der Waals surface area contributed by atoms with Gasteiger partial charge in [-0.25, -0.2) is 9.18 Å². The van der Waals surface area contributed by atoms with Gasteiger partial charge in [0, 0.05) is 24.3 Å². The Hall–Kier alpha value is -3.68. The van der Waals surface area contributed by atoms with Crippen molar-refractivity contribution in [1.82, 2.24) is 9.47 Å². The number of rotatable bonds is 8. The molecule has 0 aliphatic heterocycles. The topological polar surface area (TPSA) is 81.8 Å². The molecule has 3 aromatic rings. The average Bonchev–Trinajstić information content (AvgIpc) is 3.43. The SMILES string of the molecule is CCn1c(C)c(C(=O)[C@H](C)N(Cc2ccc(F)cc2)C(=O)c2ccco2)c(C)c1C(=O)OC. The Morgan fingerprint density at radius 3 is 2.36 bits per heavy atom. The highest BCUT2D eigenvalue weighted by Crippen LogP contribution is 2.27. The summed E-state index contributed by atoms with van der Waals surface area (Å²) in [6.45, 7) is 7.52. The third-order valence-electron chi connectivity index (χ3n) is 5.81. The van der Waals surface area contributed by atoms with Crippen molar-refractivity contribution in [3.8, 4) is 0 Å². The van der Waals surface area contributed by atoms with Crippen LogP contribution in [0.1, 0.15) is 62.1 Å². The van der Waals surface area contributed by atoms with Gasteiger partial charge in [-0.3, -0.25) is 9.59 Å². The quantitative estimate of drug-likeness (QED) is 0.368. The van der Waals surface area contributed by atoms with E-state index < -0.39 is 23.7 Å². The van der Waals surface area contributed by atoms with Gasteiger partial charge in [-0.2, -0.15) is 0 Å². The Morgan fingerprint density at radius 2 is 1.82 bits per heavy atom. The number of carbonyl (C=O) groups is 3. The van der Waals surface area contributed by atoms with Gasteiger partial charge in [0.1, 0.15) is 11.5 Å². The zero-order valence-electron chi connectivity index (χ0n) is 19.3. The number of methoxy groups -OCH3 is 1. The van der Waals surface area contributed by atoms with Gasteiger partial charge in [-0.1, -0.05) is 12.1 Å². The van der Waals surface area contributed by atoms with Crippen molar-refractivity contribution >= 4 is 17.7 Å². The van der Waals surface area contributed by atoms with E-state index in [4.69, 9.17) is 9.15 Å². The predicted molar refractivity (Wildman–Crippen MR) is 120 cm³/mol. The van der Waals surface area contributed by atoms with Crippen molar-refractivity contribution in [3.63, 3.8) is 0 Å². The number of nitrogens with zero attached hydrogens (tertiary/aromatic N) is 2. The van der Waals surface area contributed by atoms with Crippen molar-refractivity contribution in [2.45, 2.75) is 46.8 Å². The summed E-state index contributed by atoms with van der Waals surface area (Å²) in [5.74, 6) is -1.62. The molecule has 0 unspecified atom stereocenters. The summed E-state index contributed by atoms with van der Waals surface area (Å²) in [4.78, 5) is 40.7. The smallest absolute Gasteiger partial charge is 0.354 e.